The van der Waals surface area contributed by atoms with E-state index in [0.717, 1.165) is 11.0 Å². The molecule has 1 N–H and O–H groups in total. The Hall–Kier alpha value is -2.35. The highest BCUT2D eigenvalue weighted by Crippen LogP contribution is 2.23. The summed E-state index contributed by atoms with van der Waals surface area (Å²) in [6, 6.07) is 13.9. The van der Waals surface area contributed by atoms with Gasteiger partial charge in [0.15, 0.2) is 0 Å². The molecule has 0 saturated carbocycles. The SMILES string of the molecule is COc1ccc(Cl)cc1COC(=O)CNS(=O)(=O)/C=C/c1ccccc1. The van der Waals surface area contributed by atoms with Crippen molar-refractivity contribution >= 4 is 33.7 Å². The normalized spacial score (nSPS) is 11.5. The molecule has 0 amide bonds. The maximum absolute atomic E-state index is 11.9. The molecule has 2 aromatic carbocycles. The highest BCUT2D eigenvalue weighted by atomic mass is 35.5. The van der Waals surface area contributed by atoms with Gasteiger partial charge in [0.1, 0.15) is 18.9 Å². The van der Waals surface area contributed by atoms with E-state index in [1.54, 1.807) is 42.5 Å². The molecule has 8 heteroatoms. The number of hydrogen-bond acceptors (Lipinski definition) is 5. The number of carbonyl (C=O) groups excluding carboxylic acids is 1. The van der Waals surface area contributed by atoms with Crippen LogP contribution in [0.25, 0.3) is 6.08 Å². The molecule has 0 spiro atoms. The first-order valence-corrected chi connectivity index (χ1v) is 9.53. The lowest BCUT2D eigenvalue weighted by molar-refractivity contribution is -0.143. The largest absolute Gasteiger partial charge is 0.496 e. The van der Waals surface area contributed by atoms with Gasteiger partial charge in [-0.2, -0.15) is 0 Å². The minimum Gasteiger partial charge on any atom is -0.496 e. The first-order chi connectivity index (χ1) is 12.4. The molecule has 0 aromatic heterocycles. The van der Waals surface area contributed by atoms with E-state index in [-0.39, 0.29) is 6.61 Å². The number of benzene rings is 2. The summed E-state index contributed by atoms with van der Waals surface area (Å²) in [7, 11) is -2.27. The third kappa shape index (κ3) is 6.51. The Morgan fingerprint density at radius 1 is 1.19 bits per heavy atom. The van der Waals surface area contributed by atoms with Gasteiger partial charge in [-0.15, -0.1) is 0 Å². The summed E-state index contributed by atoms with van der Waals surface area (Å²) in [4.78, 5) is 11.8. The molecular weight excluding hydrogens is 378 g/mol. The quantitative estimate of drug-likeness (QED) is 0.695. The molecule has 0 saturated heterocycles. The second-order valence-electron chi connectivity index (χ2n) is 5.20. The van der Waals surface area contributed by atoms with E-state index in [2.05, 4.69) is 4.72 Å². The molecule has 2 rings (SSSR count). The van der Waals surface area contributed by atoms with E-state index in [1.165, 1.54) is 13.2 Å². The Kier molecular flexibility index (Phi) is 7.20. The third-order valence-electron chi connectivity index (χ3n) is 3.29. The van der Waals surface area contributed by atoms with E-state index in [1.807, 2.05) is 6.07 Å². The standard InChI is InChI=1S/C18H18ClNO5S/c1-24-17-8-7-16(19)11-15(17)13-25-18(21)12-20-26(22,23)10-9-14-5-3-2-4-6-14/h2-11,20H,12-13H2,1H3/b10-9+. The molecule has 0 fully saturated rings. The zero-order valence-electron chi connectivity index (χ0n) is 14.0. The van der Waals surface area contributed by atoms with Crippen molar-refractivity contribution in [2.24, 2.45) is 0 Å². The van der Waals surface area contributed by atoms with Crippen LogP contribution < -0.4 is 9.46 Å². The van der Waals surface area contributed by atoms with E-state index < -0.39 is 22.5 Å². The zero-order chi connectivity index (χ0) is 19.0. The number of esters is 1. The van der Waals surface area contributed by atoms with Gasteiger partial charge < -0.3 is 9.47 Å². The summed E-state index contributed by atoms with van der Waals surface area (Å²) in [5.74, 6) is -0.197. The van der Waals surface area contributed by atoms with Gasteiger partial charge in [0.25, 0.3) is 0 Å². The molecule has 26 heavy (non-hydrogen) atoms. The van der Waals surface area contributed by atoms with Gasteiger partial charge >= 0.3 is 5.97 Å². The molecule has 2 aromatic rings. The average Bonchev–Trinajstić information content (AvgIpc) is 2.64. The summed E-state index contributed by atoms with van der Waals surface area (Å²) >= 11 is 5.90. The molecule has 0 radical (unpaired) electrons. The summed E-state index contributed by atoms with van der Waals surface area (Å²) < 4.78 is 36.1. The number of nitrogens with one attached hydrogen (secondary N) is 1. The Morgan fingerprint density at radius 3 is 2.62 bits per heavy atom. The Bertz CT molecular complexity index is 882. The van der Waals surface area contributed by atoms with Gasteiger partial charge in [0.05, 0.1) is 7.11 Å². The monoisotopic (exact) mass is 395 g/mol. The first kappa shape index (κ1) is 20.0. The molecule has 0 aliphatic heterocycles. The van der Waals surface area contributed by atoms with E-state index in [9.17, 15) is 13.2 Å². The lowest BCUT2D eigenvalue weighted by atomic mass is 10.2. The van der Waals surface area contributed by atoms with Crippen molar-refractivity contribution in [3.05, 3.63) is 70.1 Å². The number of carbonyl (C=O) groups is 1. The van der Waals surface area contributed by atoms with Crippen molar-refractivity contribution in [1.82, 2.24) is 4.72 Å². The minimum absolute atomic E-state index is 0.0792. The third-order valence-corrected chi connectivity index (χ3v) is 4.56. The number of methoxy groups -OCH3 is 1. The smallest absolute Gasteiger partial charge is 0.321 e. The van der Waals surface area contributed by atoms with Crippen molar-refractivity contribution in [1.29, 1.82) is 0 Å². The van der Waals surface area contributed by atoms with E-state index in [4.69, 9.17) is 21.1 Å². The summed E-state index contributed by atoms with van der Waals surface area (Å²) in [6.07, 6.45) is 1.44. The molecule has 0 aliphatic rings. The molecule has 6 nitrogen and oxygen atoms in total. The fraction of sp³-hybridized carbons (Fsp3) is 0.167. The van der Waals surface area contributed by atoms with Crippen LogP contribution in [0.3, 0.4) is 0 Å². The predicted molar refractivity (Wildman–Crippen MR) is 100 cm³/mol. The number of halogens is 1. The molecule has 0 atom stereocenters. The molecule has 0 bridgehead atoms. The van der Waals surface area contributed by atoms with Gasteiger partial charge in [-0.3, -0.25) is 4.79 Å². The first-order valence-electron chi connectivity index (χ1n) is 7.60. The van der Waals surface area contributed by atoms with E-state index >= 15 is 0 Å². The Labute approximate surface area is 157 Å². The Morgan fingerprint density at radius 2 is 1.92 bits per heavy atom. The van der Waals surface area contributed by atoms with Crippen molar-refractivity contribution in [2.75, 3.05) is 13.7 Å². The lowest BCUT2D eigenvalue weighted by Gasteiger charge is -2.10. The van der Waals surface area contributed by atoms with Crippen LogP contribution in [-0.2, 0) is 26.2 Å². The number of ether oxygens (including phenoxy) is 2. The summed E-state index contributed by atoms with van der Waals surface area (Å²) in [6.45, 7) is -0.561. The van der Waals surface area contributed by atoms with Crippen LogP contribution in [0.2, 0.25) is 5.02 Å². The van der Waals surface area contributed by atoms with Gasteiger partial charge in [0, 0.05) is 16.0 Å². The van der Waals surface area contributed by atoms with Gasteiger partial charge in [-0.25, -0.2) is 13.1 Å². The van der Waals surface area contributed by atoms with Crippen LogP contribution in [-0.4, -0.2) is 28.0 Å². The van der Waals surface area contributed by atoms with Crippen molar-refractivity contribution in [2.45, 2.75) is 6.61 Å². The zero-order valence-corrected chi connectivity index (χ0v) is 15.6. The van der Waals surface area contributed by atoms with E-state index in [0.29, 0.717) is 16.3 Å². The fourth-order valence-corrected chi connectivity index (χ4v) is 2.96. The van der Waals surface area contributed by atoms with Crippen LogP contribution in [0, 0.1) is 0 Å². The highest BCUT2D eigenvalue weighted by molar-refractivity contribution is 7.92. The number of sulfonamides is 1. The van der Waals surface area contributed by atoms with Crippen molar-refractivity contribution in [3.8, 4) is 5.75 Å². The molecule has 0 unspecified atom stereocenters. The van der Waals surface area contributed by atoms with Crippen LogP contribution in [0.1, 0.15) is 11.1 Å². The second kappa shape index (κ2) is 9.38. The molecule has 138 valence electrons. The molecular formula is C18H18ClNO5S. The summed E-state index contributed by atoms with van der Waals surface area (Å²) in [5.41, 5.74) is 1.31. The molecule has 0 aliphatic carbocycles. The number of hydrogen-bond donors (Lipinski definition) is 1. The average molecular weight is 396 g/mol. The predicted octanol–water partition coefficient (Wildman–Crippen LogP) is 2.98. The lowest BCUT2D eigenvalue weighted by Crippen LogP contribution is -2.29. The second-order valence-corrected chi connectivity index (χ2v) is 7.28. The van der Waals surface area contributed by atoms with Crippen molar-refractivity contribution in [3.63, 3.8) is 0 Å². The minimum atomic E-state index is -3.75. The van der Waals surface area contributed by atoms with Crippen LogP contribution in [0.4, 0.5) is 0 Å². The summed E-state index contributed by atoms with van der Waals surface area (Å²) in [5, 5.41) is 1.47. The topological polar surface area (TPSA) is 81.7 Å². The number of rotatable bonds is 8. The van der Waals surface area contributed by atoms with Crippen molar-refractivity contribution < 1.29 is 22.7 Å². The Balaban J connectivity index is 1.86. The maximum Gasteiger partial charge on any atom is 0.321 e. The van der Waals surface area contributed by atoms with Crippen LogP contribution >= 0.6 is 11.6 Å². The van der Waals surface area contributed by atoms with Gasteiger partial charge in [0.2, 0.25) is 10.0 Å². The molecule has 0 heterocycles. The maximum atomic E-state index is 11.9. The van der Waals surface area contributed by atoms with Crippen LogP contribution in [0.15, 0.2) is 53.9 Å². The van der Waals surface area contributed by atoms with Gasteiger partial charge in [-0.1, -0.05) is 41.9 Å². The van der Waals surface area contributed by atoms with Gasteiger partial charge in [-0.05, 0) is 29.8 Å². The fourth-order valence-electron chi connectivity index (χ4n) is 2.01. The van der Waals surface area contributed by atoms with Crippen LogP contribution in [0.5, 0.6) is 5.75 Å². The highest BCUT2D eigenvalue weighted by Gasteiger charge is 2.12.